The molecule has 1 unspecified atom stereocenters. The van der Waals surface area contributed by atoms with E-state index in [2.05, 4.69) is 25.7 Å². The zero-order valence-electron chi connectivity index (χ0n) is 18.2. The van der Waals surface area contributed by atoms with Crippen LogP contribution in [0.2, 0.25) is 0 Å². The number of pyridine rings is 1. The van der Waals surface area contributed by atoms with Crippen LogP contribution in [0.4, 0.5) is 10.1 Å². The van der Waals surface area contributed by atoms with Crippen LogP contribution >= 0.6 is 0 Å². The van der Waals surface area contributed by atoms with E-state index in [9.17, 15) is 14.3 Å². The van der Waals surface area contributed by atoms with E-state index in [1.165, 1.54) is 26.2 Å². The Morgan fingerprint density at radius 2 is 2.21 bits per heavy atom. The van der Waals surface area contributed by atoms with Gasteiger partial charge in [0.15, 0.2) is 5.65 Å². The number of ether oxygens (including phenoxy) is 1. The topological polar surface area (TPSA) is 137 Å². The van der Waals surface area contributed by atoms with Gasteiger partial charge in [0.05, 0.1) is 59.7 Å². The van der Waals surface area contributed by atoms with Gasteiger partial charge in [0.1, 0.15) is 17.9 Å². The van der Waals surface area contributed by atoms with Crippen LogP contribution < -0.4 is 10.6 Å². The van der Waals surface area contributed by atoms with Crippen LogP contribution in [0.15, 0.2) is 30.7 Å². The SMILES string of the molecule is CC(C)(O)[C@H](F)CNC(=O)c1cnc(-c2cnc3cc(C#N)cnn23)cc1NC1CCOC1. The van der Waals surface area contributed by atoms with Crippen LogP contribution in [0, 0.1) is 11.3 Å². The van der Waals surface area contributed by atoms with Crippen LogP contribution in [-0.4, -0.2) is 68.2 Å². The number of hydrogen-bond donors (Lipinski definition) is 3. The molecule has 1 fully saturated rings. The molecule has 1 saturated heterocycles. The van der Waals surface area contributed by atoms with Gasteiger partial charge in [-0.25, -0.2) is 13.9 Å². The molecular weight excluding hydrogens is 429 g/mol. The van der Waals surface area contributed by atoms with Crippen molar-refractivity contribution in [3.05, 3.63) is 41.9 Å². The smallest absolute Gasteiger partial charge is 0.255 e. The second-order valence-electron chi connectivity index (χ2n) is 8.42. The maximum absolute atomic E-state index is 14.1. The number of aromatic nitrogens is 4. The Balaban J connectivity index is 1.65. The van der Waals surface area contributed by atoms with E-state index in [4.69, 9.17) is 10.00 Å². The Labute approximate surface area is 189 Å². The van der Waals surface area contributed by atoms with Crippen LogP contribution in [0.5, 0.6) is 0 Å². The average molecular weight is 453 g/mol. The molecule has 1 aliphatic heterocycles. The number of nitrogens with zero attached hydrogens (tertiary/aromatic N) is 5. The molecular formula is C22H24FN7O3. The van der Waals surface area contributed by atoms with Gasteiger partial charge < -0.3 is 20.5 Å². The summed E-state index contributed by atoms with van der Waals surface area (Å²) in [4.78, 5) is 21.5. The molecule has 33 heavy (non-hydrogen) atoms. The molecule has 0 bridgehead atoms. The molecule has 10 nitrogen and oxygen atoms in total. The lowest BCUT2D eigenvalue weighted by molar-refractivity contribution is -0.00177. The van der Waals surface area contributed by atoms with Gasteiger partial charge in [0.2, 0.25) is 0 Å². The average Bonchev–Trinajstić information content (AvgIpc) is 3.45. The number of amides is 1. The van der Waals surface area contributed by atoms with Crippen LogP contribution in [-0.2, 0) is 4.74 Å². The monoisotopic (exact) mass is 453 g/mol. The summed E-state index contributed by atoms with van der Waals surface area (Å²) in [7, 11) is 0. The Bertz CT molecular complexity index is 1210. The summed E-state index contributed by atoms with van der Waals surface area (Å²) in [5.41, 5.74) is 1.15. The van der Waals surface area contributed by atoms with Crippen LogP contribution in [0.3, 0.4) is 0 Å². The standard InChI is InChI=1S/C22H24FN7O3/c1-22(2,32)19(23)11-27-21(31)15-9-25-17(6-16(15)29-14-3-4-33-12-14)18-10-26-20-5-13(7-24)8-28-30(18)20/h5-6,8-10,14,19,32H,3-4,11-12H2,1-2H3,(H,25,29)(H,27,31)/t14?,19-/m1/s1. The number of imidazole rings is 1. The fourth-order valence-corrected chi connectivity index (χ4v) is 3.40. The first-order chi connectivity index (χ1) is 15.8. The third kappa shape index (κ3) is 4.92. The minimum atomic E-state index is -1.63. The highest BCUT2D eigenvalue weighted by molar-refractivity contribution is 6.00. The lowest BCUT2D eigenvalue weighted by atomic mass is 10.0. The number of nitrogens with one attached hydrogen (secondary N) is 2. The highest BCUT2D eigenvalue weighted by Crippen LogP contribution is 2.26. The number of aliphatic hydroxyl groups is 1. The molecule has 172 valence electrons. The Morgan fingerprint density at radius 1 is 1.39 bits per heavy atom. The molecule has 3 N–H and O–H groups in total. The first-order valence-corrected chi connectivity index (χ1v) is 10.5. The highest BCUT2D eigenvalue weighted by Gasteiger charge is 2.28. The summed E-state index contributed by atoms with van der Waals surface area (Å²) < 4.78 is 21.1. The molecule has 0 aromatic carbocycles. The molecule has 3 aromatic rings. The minimum absolute atomic E-state index is 0.00981. The van der Waals surface area contributed by atoms with E-state index >= 15 is 0 Å². The summed E-state index contributed by atoms with van der Waals surface area (Å²) in [5, 5.41) is 28.9. The number of alkyl halides is 1. The molecule has 0 saturated carbocycles. The molecule has 1 aliphatic rings. The van der Waals surface area contributed by atoms with E-state index in [-0.39, 0.29) is 18.2 Å². The normalized spacial score (nSPS) is 17.0. The molecule has 0 radical (unpaired) electrons. The predicted molar refractivity (Wildman–Crippen MR) is 117 cm³/mol. The van der Waals surface area contributed by atoms with Gasteiger partial charge in [0.25, 0.3) is 5.91 Å². The van der Waals surface area contributed by atoms with Crippen molar-refractivity contribution in [1.29, 1.82) is 5.26 Å². The molecule has 0 aliphatic carbocycles. The number of halogens is 1. The minimum Gasteiger partial charge on any atom is -0.387 e. The van der Waals surface area contributed by atoms with E-state index < -0.39 is 17.7 Å². The Morgan fingerprint density at radius 3 is 2.91 bits per heavy atom. The molecule has 4 rings (SSSR count). The number of carbonyl (C=O) groups excluding carboxylic acids is 1. The van der Waals surface area contributed by atoms with Crippen molar-refractivity contribution in [2.24, 2.45) is 0 Å². The summed E-state index contributed by atoms with van der Waals surface area (Å²) >= 11 is 0. The summed E-state index contributed by atoms with van der Waals surface area (Å²) in [6.07, 6.45) is 3.58. The maximum Gasteiger partial charge on any atom is 0.255 e. The number of nitriles is 1. The van der Waals surface area contributed by atoms with E-state index in [0.717, 1.165) is 6.42 Å². The Kier molecular flexibility index (Phi) is 6.22. The largest absolute Gasteiger partial charge is 0.387 e. The van der Waals surface area contributed by atoms with Gasteiger partial charge in [-0.05, 0) is 26.3 Å². The maximum atomic E-state index is 14.1. The fraction of sp³-hybridized carbons (Fsp3) is 0.409. The van der Waals surface area contributed by atoms with Crippen molar-refractivity contribution < 1.29 is 19.0 Å². The quantitative estimate of drug-likeness (QED) is 0.492. The number of rotatable bonds is 7. The predicted octanol–water partition coefficient (Wildman–Crippen LogP) is 1.70. The first kappa shape index (κ1) is 22.6. The lowest BCUT2D eigenvalue weighted by Gasteiger charge is -2.23. The van der Waals surface area contributed by atoms with Crippen molar-refractivity contribution in [3.8, 4) is 17.5 Å². The summed E-state index contributed by atoms with van der Waals surface area (Å²) in [6.45, 7) is 3.46. The van der Waals surface area contributed by atoms with Crippen LogP contribution in [0.25, 0.3) is 17.0 Å². The summed E-state index contributed by atoms with van der Waals surface area (Å²) in [6, 6.07) is 5.36. The van der Waals surface area contributed by atoms with Gasteiger partial charge in [-0.2, -0.15) is 10.4 Å². The van der Waals surface area contributed by atoms with E-state index in [0.29, 0.717) is 41.5 Å². The fourth-order valence-electron chi connectivity index (χ4n) is 3.40. The molecule has 4 heterocycles. The lowest BCUT2D eigenvalue weighted by Crippen LogP contribution is -2.42. The first-order valence-electron chi connectivity index (χ1n) is 10.5. The van der Waals surface area contributed by atoms with Gasteiger partial charge in [-0.15, -0.1) is 0 Å². The molecule has 0 spiro atoms. The summed E-state index contributed by atoms with van der Waals surface area (Å²) in [5.74, 6) is -0.516. The van der Waals surface area contributed by atoms with Gasteiger partial charge >= 0.3 is 0 Å². The number of hydrogen-bond acceptors (Lipinski definition) is 8. The van der Waals surface area contributed by atoms with Crippen molar-refractivity contribution >= 4 is 17.2 Å². The number of anilines is 1. The molecule has 11 heteroatoms. The van der Waals surface area contributed by atoms with Crippen molar-refractivity contribution in [3.63, 3.8) is 0 Å². The third-order valence-electron chi connectivity index (χ3n) is 5.40. The van der Waals surface area contributed by atoms with Crippen molar-refractivity contribution in [2.45, 2.75) is 38.1 Å². The zero-order chi connectivity index (χ0) is 23.6. The van der Waals surface area contributed by atoms with Gasteiger partial charge in [-0.1, -0.05) is 0 Å². The zero-order valence-corrected chi connectivity index (χ0v) is 18.2. The highest BCUT2D eigenvalue weighted by atomic mass is 19.1. The number of carbonyl (C=O) groups is 1. The molecule has 2 atom stereocenters. The molecule has 3 aromatic heterocycles. The molecule has 1 amide bonds. The van der Waals surface area contributed by atoms with Crippen LogP contribution in [0.1, 0.15) is 36.2 Å². The van der Waals surface area contributed by atoms with Gasteiger partial charge in [0, 0.05) is 18.9 Å². The Hall–Kier alpha value is -3.62. The van der Waals surface area contributed by atoms with E-state index in [1.54, 1.807) is 22.8 Å². The van der Waals surface area contributed by atoms with Crippen molar-refractivity contribution in [2.75, 3.05) is 25.1 Å². The number of fused-ring (bicyclic) bond motifs is 1. The second kappa shape index (κ2) is 9.09. The van der Waals surface area contributed by atoms with E-state index in [1.807, 2.05) is 6.07 Å². The van der Waals surface area contributed by atoms with Gasteiger partial charge in [-0.3, -0.25) is 9.78 Å². The van der Waals surface area contributed by atoms with Crippen molar-refractivity contribution in [1.82, 2.24) is 24.9 Å². The second-order valence-corrected chi connectivity index (χ2v) is 8.42. The third-order valence-corrected chi connectivity index (χ3v) is 5.40.